The van der Waals surface area contributed by atoms with Crippen LogP contribution in [0.4, 0.5) is 5.82 Å². The van der Waals surface area contributed by atoms with E-state index in [1.807, 2.05) is 0 Å². The lowest BCUT2D eigenvalue weighted by molar-refractivity contribution is 0.100. The highest BCUT2D eigenvalue weighted by Gasteiger charge is 2.26. The van der Waals surface area contributed by atoms with E-state index in [-0.39, 0.29) is 38.7 Å². The smallest absolute Gasteiger partial charge is 0.271 e. The fourth-order valence-electron chi connectivity index (χ4n) is 2.67. The van der Waals surface area contributed by atoms with E-state index in [0.29, 0.717) is 10.6 Å². The minimum atomic E-state index is -0.821. The Balaban J connectivity index is 2.57. The number of aliphatic hydroxyl groups excluding tert-OH is 1. The number of carbonyl (C=O) groups is 1. The van der Waals surface area contributed by atoms with Gasteiger partial charge in [-0.15, -0.1) is 0 Å². The summed E-state index contributed by atoms with van der Waals surface area (Å²) in [5.74, 6) is -1.36. The van der Waals surface area contributed by atoms with E-state index in [1.165, 1.54) is 6.92 Å². The zero-order valence-electron chi connectivity index (χ0n) is 12.9. The minimum absolute atomic E-state index is 0.0433. The van der Waals surface area contributed by atoms with Gasteiger partial charge in [-0.1, -0.05) is 35.3 Å². The Morgan fingerprint density at radius 1 is 1.24 bits per heavy atom. The molecule has 0 aliphatic carbocycles. The summed E-state index contributed by atoms with van der Waals surface area (Å²) in [7, 11) is 0. The Labute approximate surface area is 151 Å². The van der Waals surface area contributed by atoms with Gasteiger partial charge in [0.1, 0.15) is 21.9 Å². The first-order valence-corrected chi connectivity index (χ1v) is 7.78. The van der Waals surface area contributed by atoms with Crippen molar-refractivity contribution in [1.82, 2.24) is 9.38 Å². The van der Waals surface area contributed by atoms with Crippen LogP contribution in [0.25, 0.3) is 22.5 Å². The molecule has 0 saturated carbocycles. The number of rotatable bonds is 2. The molecule has 128 valence electrons. The molecule has 1 aromatic carbocycles. The molecule has 3 aromatic rings. The van der Waals surface area contributed by atoms with Gasteiger partial charge in [0.25, 0.3) is 11.5 Å². The van der Waals surface area contributed by atoms with E-state index in [1.54, 1.807) is 24.3 Å². The van der Waals surface area contributed by atoms with Gasteiger partial charge >= 0.3 is 0 Å². The minimum Gasteiger partial charge on any atom is -0.512 e. The third-order valence-electron chi connectivity index (χ3n) is 3.73. The van der Waals surface area contributed by atoms with Crippen molar-refractivity contribution >= 4 is 46.3 Å². The Kier molecular flexibility index (Phi) is 4.06. The van der Waals surface area contributed by atoms with Crippen molar-refractivity contribution in [3.63, 3.8) is 0 Å². The summed E-state index contributed by atoms with van der Waals surface area (Å²) in [5, 5.41) is 9.94. The molecule has 9 heteroatoms. The maximum atomic E-state index is 12.7. The largest absolute Gasteiger partial charge is 0.512 e. The maximum absolute atomic E-state index is 12.7. The van der Waals surface area contributed by atoms with Gasteiger partial charge in [0, 0.05) is 10.6 Å². The summed E-state index contributed by atoms with van der Waals surface area (Å²) >= 11 is 12.2. The monoisotopic (exact) mass is 378 g/mol. The van der Waals surface area contributed by atoms with Crippen LogP contribution in [-0.4, -0.2) is 20.4 Å². The number of nitrogen functional groups attached to an aromatic ring is 1. The van der Waals surface area contributed by atoms with Gasteiger partial charge in [0.05, 0.1) is 5.56 Å². The number of aromatic nitrogens is 2. The number of amides is 1. The van der Waals surface area contributed by atoms with Gasteiger partial charge in [-0.05, 0) is 24.6 Å². The second kappa shape index (κ2) is 5.94. The molecule has 1 amide bonds. The molecule has 3 rings (SSSR count). The molecule has 7 nitrogen and oxygen atoms in total. The molecule has 0 atom stereocenters. The average Bonchev–Trinajstić information content (AvgIpc) is 2.80. The number of hydrogen-bond donors (Lipinski definition) is 3. The van der Waals surface area contributed by atoms with Gasteiger partial charge < -0.3 is 16.6 Å². The highest BCUT2D eigenvalue weighted by Crippen LogP contribution is 2.35. The summed E-state index contributed by atoms with van der Waals surface area (Å²) in [6.45, 7) is 1.30. The van der Waals surface area contributed by atoms with Gasteiger partial charge in [0.15, 0.2) is 5.65 Å². The van der Waals surface area contributed by atoms with Crippen LogP contribution in [0.2, 0.25) is 10.2 Å². The SMILES string of the molecule is C/C(O)=c1\c(N)nc2c(C(N)=O)c(-c3ccc(Cl)cc3)c(Cl)n2c1=O. The molecular formula is C16H12Cl2N4O3. The van der Waals surface area contributed by atoms with Crippen molar-refractivity contribution in [2.45, 2.75) is 6.92 Å². The quantitative estimate of drug-likeness (QED) is 0.626. The van der Waals surface area contributed by atoms with Crippen LogP contribution >= 0.6 is 23.2 Å². The topological polar surface area (TPSA) is 124 Å². The lowest BCUT2D eigenvalue weighted by Crippen LogP contribution is -2.36. The number of primary amides is 1. The molecule has 0 radical (unpaired) electrons. The molecule has 0 saturated heterocycles. The molecule has 25 heavy (non-hydrogen) atoms. The first-order valence-electron chi connectivity index (χ1n) is 7.03. The number of benzene rings is 1. The molecule has 2 aromatic heterocycles. The van der Waals surface area contributed by atoms with Crippen molar-refractivity contribution in [3.05, 3.63) is 55.6 Å². The lowest BCUT2D eigenvalue weighted by Gasteiger charge is -2.02. The molecular weight excluding hydrogens is 367 g/mol. The van der Waals surface area contributed by atoms with Gasteiger partial charge in [-0.25, -0.2) is 9.38 Å². The van der Waals surface area contributed by atoms with E-state index in [2.05, 4.69) is 4.98 Å². The molecule has 0 aliphatic heterocycles. The molecule has 0 aliphatic rings. The van der Waals surface area contributed by atoms with Crippen LogP contribution in [0.1, 0.15) is 17.3 Å². The van der Waals surface area contributed by atoms with E-state index < -0.39 is 11.5 Å². The van der Waals surface area contributed by atoms with Crippen molar-refractivity contribution < 1.29 is 9.90 Å². The normalized spacial score (nSPS) is 12.4. The second-order valence-electron chi connectivity index (χ2n) is 5.33. The van der Waals surface area contributed by atoms with Crippen molar-refractivity contribution in [2.75, 3.05) is 5.73 Å². The summed E-state index contributed by atoms with van der Waals surface area (Å²) in [6.07, 6.45) is 0. The van der Waals surface area contributed by atoms with Crippen LogP contribution < -0.4 is 22.2 Å². The Bertz CT molecular complexity index is 1130. The fraction of sp³-hybridized carbons (Fsp3) is 0.0625. The number of anilines is 1. The number of carbonyl (C=O) groups excluding carboxylic acids is 1. The summed E-state index contributed by atoms with van der Waals surface area (Å²) in [4.78, 5) is 28.8. The number of halogens is 2. The molecule has 0 spiro atoms. The molecule has 2 heterocycles. The molecule has 5 N–H and O–H groups in total. The number of hydrogen-bond acceptors (Lipinski definition) is 5. The number of aliphatic hydroxyl groups is 1. The number of nitrogens with two attached hydrogens (primary N) is 2. The van der Waals surface area contributed by atoms with Gasteiger partial charge in [-0.3, -0.25) is 9.59 Å². The van der Waals surface area contributed by atoms with Crippen LogP contribution in [-0.2, 0) is 0 Å². The van der Waals surface area contributed by atoms with E-state index in [9.17, 15) is 14.7 Å². The molecule has 0 bridgehead atoms. The molecule has 0 unspecified atom stereocenters. The number of nitrogens with zero attached hydrogens (tertiary/aromatic N) is 2. The van der Waals surface area contributed by atoms with Crippen molar-refractivity contribution in [1.29, 1.82) is 0 Å². The highest BCUT2D eigenvalue weighted by atomic mass is 35.5. The second-order valence-corrected chi connectivity index (χ2v) is 6.13. The van der Waals surface area contributed by atoms with Crippen LogP contribution in [0.3, 0.4) is 0 Å². The fourth-order valence-corrected chi connectivity index (χ4v) is 3.15. The van der Waals surface area contributed by atoms with Gasteiger partial charge in [0.2, 0.25) is 0 Å². The Morgan fingerprint density at radius 3 is 2.36 bits per heavy atom. The van der Waals surface area contributed by atoms with E-state index in [0.717, 1.165) is 4.40 Å². The average molecular weight is 379 g/mol. The van der Waals surface area contributed by atoms with Crippen LogP contribution in [0.15, 0.2) is 29.1 Å². The standard InChI is InChI=1S/C16H12Cl2N4O3/c1-6(23)9-13(19)21-15-11(14(20)24)10(12(18)22(15)16(9)25)7-2-4-8(17)5-3-7/h2-5,23H,1H3,(H2,19,21)(H2,20,24)/b9-6-. The predicted octanol–water partition coefficient (Wildman–Crippen LogP) is 1.75. The van der Waals surface area contributed by atoms with E-state index >= 15 is 0 Å². The zero-order chi connectivity index (χ0) is 18.5. The maximum Gasteiger partial charge on any atom is 0.271 e. The first-order chi connectivity index (χ1) is 11.7. The number of fused-ring (bicyclic) bond motifs is 1. The van der Waals surface area contributed by atoms with E-state index in [4.69, 9.17) is 34.7 Å². The van der Waals surface area contributed by atoms with Gasteiger partial charge in [-0.2, -0.15) is 0 Å². The predicted molar refractivity (Wildman–Crippen MR) is 96.8 cm³/mol. The zero-order valence-corrected chi connectivity index (χ0v) is 14.4. The summed E-state index contributed by atoms with van der Waals surface area (Å²) in [5.41, 5.74) is 11.2. The van der Waals surface area contributed by atoms with Crippen molar-refractivity contribution in [2.24, 2.45) is 5.73 Å². The Morgan fingerprint density at radius 2 is 1.84 bits per heavy atom. The summed E-state index contributed by atoms with van der Waals surface area (Å²) in [6, 6.07) is 6.48. The van der Waals surface area contributed by atoms with Crippen molar-refractivity contribution in [3.8, 4) is 11.1 Å². The molecule has 0 fully saturated rings. The van der Waals surface area contributed by atoms with Crippen LogP contribution in [0.5, 0.6) is 0 Å². The highest BCUT2D eigenvalue weighted by molar-refractivity contribution is 6.34. The lowest BCUT2D eigenvalue weighted by atomic mass is 10.0. The third-order valence-corrected chi connectivity index (χ3v) is 4.34. The Hall–Kier alpha value is -2.77. The first kappa shape index (κ1) is 17.1. The third kappa shape index (κ3) is 2.57. The summed E-state index contributed by atoms with van der Waals surface area (Å²) < 4.78 is 0.997. The van der Waals surface area contributed by atoms with Crippen LogP contribution in [0, 0.1) is 0 Å².